The zero-order valence-corrected chi connectivity index (χ0v) is 11.3. The van der Waals surface area contributed by atoms with Crippen molar-refractivity contribution in [2.45, 2.75) is 0 Å². The molecule has 0 saturated carbocycles. The molecule has 4 nitrogen and oxygen atoms in total. The maximum Gasteiger partial charge on any atom is 0.203 e. The molecule has 90 valence electrons. The maximum atomic E-state index is 5.27. The van der Waals surface area contributed by atoms with Gasteiger partial charge in [-0.1, -0.05) is 34.1 Å². The standard InChI is InChI=1S/C13H10BrN3O/c1-18-11-7-4-8-17-12(15-16-13(11)17)9-5-2-3-6-10(9)14/h2-8H,1H3. The number of pyridine rings is 1. The van der Waals surface area contributed by atoms with Crippen LogP contribution in [0.3, 0.4) is 0 Å². The minimum atomic E-state index is 0.711. The van der Waals surface area contributed by atoms with Gasteiger partial charge in [0.1, 0.15) is 0 Å². The van der Waals surface area contributed by atoms with E-state index in [9.17, 15) is 0 Å². The quantitative estimate of drug-likeness (QED) is 0.730. The van der Waals surface area contributed by atoms with Gasteiger partial charge in [-0.15, -0.1) is 10.2 Å². The minimum absolute atomic E-state index is 0.711. The zero-order chi connectivity index (χ0) is 12.5. The number of methoxy groups -OCH3 is 1. The van der Waals surface area contributed by atoms with E-state index in [0.717, 1.165) is 15.9 Å². The SMILES string of the molecule is COc1cccn2c(-c3ccccc3Br)nnc12. The third-order valence-electron chi connectivity index (χ3n) is 2.73. The molecule has 0 N–H and O–H groups in total. The Morgan fingerprint density at radius 2 is 1.94 bits per heavy atom. The fourth-order valence-electron chi connectivity index (χ4n) is 1.88. The number of rotatable bonds is 2. The second kappa shape index (κ2) is 4.42. The lowest BCUT2D eigenvalue weighted by Gasteiger charge is -2.04. The largest absolute Gasteiger partial charge is 0.493 e. The van der Waals surface area contributed by atoms with Crippen LogP contribution in [0.2, 0.25) is 0 Å². The lowest BCUT2D eigenvalue weighted by molar-refractivity contribution is 0.417. The Labute approximate surface area is 112 Å². The Hall–Kier alpha value is -1.88. The van der Waals surface area contributed by atoms with Gasteiger partial charge < -0.3 is 4.74 Å². The molecule has 0 amide bonds. The highest BCUT2D eigenvalue weighted by atomic mass is 79.9. The van der Waals surface area contributed by atoms with Crippen molar-refractivity contribution in [2.75, 3.05) is 7.11 Å². The predicted octanol–water partition coefficient (Wildman–Crippen LogP) is 3.17. The van der Waals surface area contributed by atoms with E-state index < -0.39 is 0 Å². The van der Waals surface area contributed by atoms with Gasteiger partial charge >= 0.3 is 0 Å². The molecule has 5 heteroatoms. The number of halogens is 1. The van der Waals surface area contributed by atoms with Crippen LogP contribution >= 0.6 is 15.9 Å². The van der Waals surface area contributed by atoms with Crippen molar-refractivity contribution in [3.05, 3.63) is 47.1 Å². The van der Waals surface area contributed by atoms with Crippen molar-refractivity contribution in [1.29, 1.82) is 0 Å². The summed E-state index contributed by atoms with van der Waals surface area (Å²) in [6, 6.07) is 11.7. The first kappa shape index (κ1) is 11.2. The molecule has 0 aliphatic heterocycles. The van der Waals surface area contributed by atoms with Crippen molar-refractivity contribution in [1.82, 2.24) is 14.6 Å². The number of benzene rings is 1. The van der Waals surface area contributed by atoms with Crippen LogP contribution in [0.25, 0.3) is 17.0 Å². The average molecular weight is 304 g/mol. The number of ether oxygens (including phenoxy) is 1. The molecule has 18 heavy (non-hydrogen) atoms. The molecule has 0 aliphatic rings. The topological polar surface area (TPSA) is 39.4 Å². The van der Waals surface area contributed by atoms with Gasteiger partial charge in [-0.2, -0.15) is 0 Å². The summed E-state index contributed by atoms with van der Waals surface area (Å²) in [5.41, 5.74) is 1.71. The average Bonchev–Trinajstić information content (AvgIpc) is 2.83. The summed E-state index contributed by atoms with van der Waals surface area (Å²) in [5, 5.41) is 8.41. The molecule has 0 unspecified atom stereocenters. The van der Waals surface area contributed by atoms with E-state index >= 15 is 0 Å². The molecule has 1 aromatic carbocycles. The smallest absolute Gasteiger partial charge is 0.203 e. The van der Waals surface area contributed by atoms with Gasteiger partial charge in [-0.05, 0) is 18.2 Å². The Morgan fingerprint density at radius 1 is 1.11 bits per heavy atom. The normalized spacial score (nSPS) is 10.8. The molecule has 2 aromatic heterocycles. The lowest BCUT2D eigenvalue weighted by Crippen LogP contribution is -1.92. The fourth-order valence-corrected chi connectivity index (χ4v) is 2.34. The van der Waals surface area contributed by atoms with Gasteiger partial charge in [0, 0.05) is 16.2 Å². The van der Waals surface area contributed by atoms with Crippen LogP contribution in [-0.4, -0.2) is 21.7 Å². The molecule has 0 saturated heterocycles. The highest BCUT2D eigenvalue weighted by Gasteiger charge is 2.12. The number of hydrogen-bond acceptors (Lipinski definition) is 3. The summed E-state index contributed by atoms with van der Waals surface area (Å²) in [6.07, 6.45) is 1.92. The number of nitrogens with zero attached hydrogens (tertiary/aromatic N) is 3. The van der Waals surface area contributed by atoms with Crippen molar-refractivity contribution in [2.24, 2.45) is 0 Å². The van der Waals surface area contributed by atoms with E-state index in [1.807, 2.05) is 47.0 Å². The molecule has 3 rings (SSSR count). The lowest BCUT2D eigenvalue weighted by atomic mass is 10.2. The van der Waals surface area contributed by atoms with E-state index in [4.69, 9.17) is 4.74 Å². The molecule has 0 atom stereocenters. The van der Waals surface area contributed by atoms with Crippen molar-refractivity contribution < 1.29 is 4.74 Å². The van der Waals surface area contributed by atoms with Crippen LogP contribution in [0.15, 0.2) is 47.1 Å². The molecule has 0 spiro atoms. The maximum absolute atomic E-state index is 5.27. The molecule has 2 heterocycles. The molecular weight excluding hydrogens is 294 g/mol. The molecule has 0 fully saturated rings. The molecule has 3 aromatic rings. The zero-order valence-electron chi connectivity index (χ0n) is 9.67. The van der Waals surface area contributed by atoms with Gasteiger partial charge in [0.05, 0.1) is 7.11 Å². The summed E-state index contributed by atoms with van der Waals surface area (Å²) in [5.74, 6) is 1.50. The van der Waals surface area contributed by atoms with Crippen molar-refractivity contribution in [3.63, 3.8) is 0 Å². The van der Waals surface area contributed by atoms with E-state index in [1.165, 1.54) is 0 Å². The third kappa shape index (κ3) is 1.67. The summed E-state index contributed by atoms with van der Waals surface area (Å²) >= 11 is 3.53. The van der Waals surface area contributed by atoms with Crippen LogP contribution in [0.4, 0.5) is 0 Å². The van der Waals surface area contributed by atoms with Crippen LogP contribution in [0, 0.1) is 0 Å². The first-order chi connectivity index (χ1) is 8.81. The van der Waals surface area contributed by atoms with Crippen LogP contribution in [-0.2, 0) is 0 Å². The number of fused-ring (bicyclic) bond motifs is 1. The molecular formula is C13H10BrN3O. The van der Waals surface area contributed by atoms with E-state index in [0.29, 0.717) is 11.4 Å². The van der Waals surface area contributed by atoms with Gasteiger partial charge in [0.15, 0.2) is 11.6 Å². The Kier molecular flexibility index (Phi) is 2.76. The molecule has 0 bridgehead atoms. The first-order valence-corrected chi connectivity index (χ1v) is 6.23. The third-order valence-corrected chi connectivity index (χ3v) is 3.43. The Balaban J connectivity index is 2.29. The van der Waals surface area contributed by atoms with Crippen molar-refractivity contribution >= 4 is 21.6 Å². The van der Waals surface area contributed by atoms with E-state index in [1.54, 1.807) is 7.11 Å². The second-order valence-corrected chi connectivity index (χ2v) is 4.63. The minimum Gasteiger partial charge on any atom is -0.493 e. The predicted molar refractivity (Wildman–Crippen MR) is 72.7 cm³/mol. The monoisotopic (exact) mass is 303 g/mol. The molecule has 0 radical (unpaired) electrons. The Bertz CT molecular complexity index is 708. The van der Waals surface area contributed by atoms with Gasteiger partial charge in [0.25, 0.3) is 0 Å². The number of hydrogen-bond donors (Lipinski definition) is 0. The Morgan fingerprint density at radius 3 is 2.72 bits per heavy atom. The van der Waals surface area contributed by atoms with Crippen LogP contribution < -0.4 is 4.74 Å². The second-order valence-electron chi connectivity index (χ2n) is 3.77. The highest BCUT2D eigenvalue weighted by Crippen LogP contribution is 2.28. The van der Waals surface area contributed by atoms with Gasteiger partial charge in [-0.3, -0.25) is 4.40 Å². The summed E-state index contributed by atoms with van der Waals surface area (Å²) in [6.45, 7) is 0. The van der Waals surface area contributed by atoms with E-state index in [-0.39, 0.29) is 0 Å². The van der Waals surface area contributed by atoms with Crippen LogP contribution in [0.1, 0.15) is 0 Å². The van der Waals surface area contributed by atoms with Crippen LogP contribution in [0.5, 0.6) is 5.75 Å². The summed E-state index contributed by atoms with van der Waals surface area (Å²) in [7, 11) is 1.63. The van der Waals surface area contributed by atoms with Crippen molar-refractivity contribution in [3.8, 4) is 17.1 Å². The summed E-state index contributed by atoms with van der Waals surface area (Å²) < 4.78 is 8.18. The number of aromatic nitrogens is 3. The summed E-state index contributed by atoms with van der Waals surface area (Å²) in [4.78, 5) is 0. The fraction of sp³-hybridized carbons (Fsp3) is 0.0769. The molecule has 0 aliphatic carbocycles. The van der Waals surface area contributed by atoms with E-state index in [2.05, 4.69) is 26.1 Å². The van der Waals surface area contributed by atoms with Gasteiger partial charge in [-0.25, -0.2) is 0 Å². The highest BCUT2D eigenvalue weighted by molar-refractivity contribution is 9.10. The van der Waals surface area contributed by atoms with Gasteiger partial charge in [0.2, 0.25) is 5.65 Å². The first-order valence-electron chi connectivity index (χ1n) is 5.44.